The highest BCUT2D eigenvalue weighted by atomic mass is 79.9. The van der Waals surface area contributed by atoms with Crippen LogP contribution in [0.3, 0.4) is 0 Å². The van der Waals surface area contributed by atoms with E-state index in [4.69, 9.17) is 5.73 Å². The van der Waals surface area contributed by atoms with Crippen molar-refractivity contribution in [2.24, 2.45) is 5.73 Å². The summed E-state index contributed by atoms with van der Waals surface area (Å²) in [5.74, 6) is 0. The van der Waals surface area contributed by atoms with Gasteiger partial charge < -0.3 is 5.73 Å². The SMILES string of the molecule is NCCc1cnc(Sc2cccc(Br)c2)nc1. The van der Waals surface area contributed by atoms with Gasteiger partial charge in [0.2, 0.25) is 0 Å². The summed E-state index contributed by atoms with van der Waals surface area (Å²) in [5, 5.41) is 0.754. The Bertz CT molecular complexity index is 487. The molecule has 0 saturated carbocycles. The summed E-state index contributed by atoms with van der Waals surface area (Å²) < 4.78 is 1.06. The molecule has 2 aromatic rings. The Balaban J connectivity index is 2.08. The zero-order valence-electron chi connectivity index (χ0n) is 9.14. The molecule has 2 rings (SSSR count). The molecule has 0 atom stereocenters. The van der Waals surface area contributed by atoms with Crippen LogP contribution in [0.15, 0.2) is 51.2 Å². The largest absolute Gasteiger partial charge is 0.330 e. The van der Waals surface area contributed by atoms with Crippen molar-refractivity contribution in [3.63, 3.8) is 0 Å². The molecule has 0 saturated heterocycles. The summed E-state index contributed by atoms with van der Waals surface area (Å²) >= 11 is 4.98. The molecule has 0 unspecified atom stereocenters. The average molecular weight is 310 g/mol. The van der Waals surface area contributed by atoms with E-state index in [1.807, 2.05) is 36.7 Å². The second-order valence-electron chi connectivity index (χ2n) is 3.47. The molecule has 0 amide bonds. The smallest absolute Gasteiger partial charge is 0.192 e. The number of benzene rings is 1. The van der Waals surface area contributed by atoms with Crippen LogP contribution in [0.2, 0.25) is 0 Å². The molecule has 0 spiro atoms. The maximum absolute atomic E-state index is 5.47. The van der Waals surface area contributed by atoms with Crippen molar-refractivity contribution in [1.82, 2.24) is 9.97 Å². The Kier molecular flexibility index (Phi) is 4.53. The minimum Gasteiger partial charge on any atom is -0.330 e. The van der Waals surface area contributed by atoms with Gasteiger partial charge in [0.05, 0.1) is 0 Å². The first-order valence-corrected chi connectivity index (χ1v) is 6.83. The van der Waals surface area contributed by atoms with Gasteiger partial charge in [0, 0.05) is 21.8 Å². The van der Waals surface area contributed by atoms with Gasteiger partial charge in [0.15, 0.2) is 5.16 Å². The third-order valence-electron chi connectivity index (χ3n) is 2.12. The fourth-order valence-electron chi connectivity index (χ4n) is 1.33. The van der Waals surface area contributed by atoms with Crippen LogP contribution < -0.4 is 5.73 Å². The van der Waals surface area contributed by atoms with Crippen molar-refractivity contribution in [2.75, 3.05) is 6.54 Å². The molecular formula is C12H12BrN3S. The minimum atomic E-state index is 0.626. The summed E-state index contributed by atoms with van der Waals surface area (Å²) in [6.45, 7) is 0.626. The van der Waals surface area contributed by atoms with Crippen LogP contribution in [-0.2, 0) is 6.42 Å². The predicted molar refractivity (Wildman–Crippen MR) is 73.1 cm³/mol. The first-order valence-electron chi connectivity index (χ1n) is 5.22. The molecule has 88 valence electrons. The van der Waals surface area contributed by atoms with Crippen LogP contribution in [0.1, 0.15) is 5.56 Å². The Labute approximate surface area is 113 Å². The van der Waals surface area contributed by atoms with E-state index in [2.05, 4.69) is 25.9 Å². The maximum Gasteiger partial charge on any atom is 0.192 e. The summed E-state index contributed by atoms with van der Waals surface area (Å²) in [5.41, 5.74) is 6.55. The van der Waals surface area contributed by atoms with Crippen LogP contribution in [0.25, 0.3) is 0 Å². The van der Waals surface area contributed by atoms with E-state index in [0.29, 0.717) is 6.54 Å². The summed E-state index contributed by atoms with van der Waals surface area (Å²) in [6.07, 6.45) is 4.49. The lowest BCUT2D eigenvalue weighted by atomic mass is 10.2. The molecule has 0 aliphatic rings. The monoisotopic (exact) mass is 309 g/mol. The van der Waals surface area contributed by atoms with Crippen LogP contribution in [0.4, 0.5) is 0 Å². The molecule has 2 N–H and O–H groups in total. The Hall–Kier alpha value is -0.910. The molecule has 0 aliphatic heterocycles. The molecule has 1 heterocycles. The van der Waals surface area contributed by atoms with E-state index in [-0.39, 0.29) is 0 Å². The minimum absolute atomic E-state index is 0.626. The van der Waals surface area contributed by atoms with Crippen LogP contribution in [0, 0.1) is 0 Å². The molecule has 0 aliphatic carbocycles. The van der Waals surface area contributed by atoms with Gasteiger partial charge in [-0.25, -0.2) is 9.97 Å². The summed E-state index contributed by atoms with van der Waals surface area (Å²) in [4.78, 5) is 9.72. The van der Waals surface area contributed by atoms with Gasteiger partial charge in [0.1, 0.15) is 0 Å². The Morgan fingerprint density at radius 1 is 1.24 bits per heavy atom. The zero-order valence-corrected chi connectivity index (χ0v) is 11.5. The lowest BCUT2D eigenvalue weighted by Gasteiger charge is -2.02. The van der Waals surface area contributed by atoms with Gasteiger partial charge in [0.25, 0.3) is 0 Å². The highest BCUT2D eigenvalue weighted by Crippen LogP contribution is 2.26. The fourth-order valence-corrected chi connectivity index (χ4v) is 2.63. The normalized spacial score (nSPS) is 10.5. The van der Waals surface area contributed by atoms with Gasteiger partial charge >= 0.3 is 0 Å². The van der Waals surface area contributed by atoms with Gasteiger partial charge in [-0.1, -0.05) is 22.0 Å². The van der Waals surface area contributed by atoms with Crippen molar-refractivity contribution >= 4 is 27.7 Å². The average Bonchev–Trinajstić information content (AvgIpc) is 2.32. The van der Waals surface area contributed by atoms with Crippen LogP contribution in [0.5, 0.6) is 0 Å². The number of aromatic nitrogens is 2. The highest BCUT2D eigenvalue weighted by Gasteiger charge is 2.01. The van der Waals surface area contributed by atoms with E-state index < -0.39 is 0 Å². The van der Waals surface area contributed by atoms with Crippen LogP contribution >= 0.6 is 27.7 Å². The molecule has 5 heteroatoms. The van der Waals surface area contributed by atoms with E-state index in [1.54, 1.807) is 11.8 Å². The molecule has 1 aromatic carbocycles. The standard InChI is InChI=1S/C12H12BrN3S/c13-10-2-1-3-11(6-10)17-12-15-7-9(4-5-14)8-16-12/h1-3,6-8H,4-5,14H2. The number of halogens is 1. The first kappa shape index (κ1) is 12.5. The Morgan fingerprint density at radius 2 is 2.00 bits per heavy atom. The number of hydrogen-bond acceptors (Lipinski definition) is 4. The number of nitrogens with zero attached hydrogens (tertiary/aromatic N) is 2. The van der Waals surface area contributed by atoms with Crippen molar-refractivity contribution in [1.29, 1.82) is 0 Å². The van der Waals surface area contributed by atoms with E-state index in [0.717, 1.165) is 26.5 Å². The number of rotatable bonds is 4. The lowest BCUT2D eigenvalue weighted by molar-refractivity contribution is 0.890. The first-order chi connectivity index (χ1) is 8.28. The molecule has 17 heavy (non-hydrogen) atoms. The third-order valence-corrected chi connectivity index (χ3v) is 3.50. The molecule has 0 radical (unpaired) electrons. The molecule has 0 fully saturated rings. The van der Waals surface area contributed by atoms with Crippen LogP contribution in [-0.4, -0.2) is 16.5 Å². The predicted octanol–water partition coefficient (Wildman–Crippen LogP) is 2.89. The lowest BCUT2D eigenvalue weighted by Crippen LogP contribution is -2.03. The second-order valence-corrected chi connectivity index (χ2v) is 5.43. The zero-order chi connectivity index (χ0) is 12.1. The fraction of sp³-hybridized carbons (Fsp3) is 0.167. The van der Waals surface area contributed by atoms with Crippen molar-refractivity contribution < 1.29 is 0 Å². The van der Waals surface area contributed by atoms with E-state index in [9.17, 15) is 0 Å². The quantitative estimate of drug-likeness (QED) is 0.882. The van der Waals surface area contributed by atoms with Crippen molar-refractivity contribution in [3.8, 4) is 0 Å². The third kappa shape index (κ3) is 3.80. The van der Waals surface area contributed by atoms with E-state index in [1.165, 1.54) is 0 Å². The molecule has 3 nitrogen and oxygen atoms in total. The second kappa shape index (κ2) is 6.14. The Morgan fingerprint density at radius 3 is 2.65 bits per heavy atom. The number of nitrogens with two attached hydrogens (primary N) is 1. The van der Waals surface area contributed by atoms with Gasteiger partial charge in [-0.15, -0.1) is 0 Å². The summed E-state index contributed by atoms with van der Waals surface area (Å²) in [7, 11) is 0. The van der Waals surface area contributed by atoms with Gasteiger partial charge in [-0.05, 0) is 48.5 Å². The van der Waals surface area contributed by atoms with Crippen molar-refractivity contribution in [2.45, 2.75) is 16.5 Å². The topological polar surface area (TPSA) is 51.8 Å². The molecule has 1 aromatic heterocycles. The summed E-state index contributed by atoms with van der Waals surface area (Å²) in [6, 6.07) is 8.07. The highest BCUT2D eigenvalue weighted by molar-refractivity contribution is 9.10. The maximum atomic E-state index is 5.47. The van der Waals surface area contributed by atoms with Gasteiger partial charge in [-0.3, -0.25) is 0 Å². The number of hydrogen-bond donors (Lipinski definition) is 1. The van der Waals surface area contributed by atoms with E-state index >= 15 is 0 Å². The molecular weight excluding hydrogens is 298 g/mol. The molecule has 0 bridgehead atoms. The van der Waals surface area contributed by atoms with Gasteiger partial charge in [-0.2, -0.15) is 0 Å². The van der Waals surface area contributed by atoms with Crippen molar-refractivity contribution in [3.05, 3.63) is 46.7 Å².